The van der Waals surface area contributed by atoms with Crippen molar-refractivity contribution in [1.29, 1.82) is 0 Å². The summed E-state index contributed by atoms with van der Waals surface area (Å²) >= 11 is 0. The van der Waals surface area contributed by atoms with Gasteiger partial charge in [0.2, 0.25) is 5.91 Å². The van der Waals surface area contributed by atoms with Gasteiger partial charge in [0.15, 0.2) is 0 Å². The smallest absolute Gasteiger partial charge is 0.416 e. The molecule has 0 aliphatic carbocycles. The molecule has 2 N–H and O–H groups in total. The van der Waals surface area contributed by atoms with Gasteiger partial charge in [-0.1, -0.05) is 6.07 Å². The summed E-state index contributed by atoms with van der Waals surface area (Å²) in [7, 11) is 0. The largest absolute Gasteiger partial charge is 0.444 e. The van der Waals surface area contributed by atoms with Crippen LogP contribution < -0.4 is 10.6 Å². The molecule has 0 saturated carbocycles. The van der Waals surface area contributed by atoms with Gasteiger partial charge in [-0.15, -0.1) is 0 Å². The van der Waals surface area contributed by atoms with Crippen molar-refractivity contribution in [1.82, 2.24) is 15.2 Å². The lowest BCUT2D eigenvalue weighted by atomic mass is 10.1. The van der Waals surface area contributed by atoms with E-state index < -0.39 is 23.4 Å². The first-order chi connectivity index (χ1) is 13.9. The zero-order valence-electron chi connectivity index (χ0n) is 16.8. The summed E-state index contributed by atoms with van der Waals surface area (Å²) < 4.78 is 44.2. The Hall–Kier alpha value is -3.04. The van der Waals surface area contributed by atoms with Crippen LogP contribution in [0.3, 0.4) is 0 Å². The second kappa shape index (κ2) is 8.00. The standard InChI is InChI=1S/C20H23F3N4O3/c1-19(2,3)30-18(29)27-10-14(11-27)26-16(28)9-25-17-15-8-13(20(21,22)23)5-4-12(15)6-7-24-17/h4-8,14H,9-11H2,1-3H3,(H,24,25)(H,26,28). The number of alkyl halides is 3. The van der Waals surface area contributed by atoms with Crippen molar-refractivity contribution in [3.05, 3.63) is 36.0 Å². The fourth-order valence-electron chi connectivity index (χ4n) is 2.97. The third-order valence-corrected chi connectivity index (χ3v) is 4.41. The highest BCUT2D eigenvalue weighted by molar-refractivity contribution is 5.93. The maximum atomic E-state index is 13.0. The number of carbonyl (C=O) groups is 2. The van der Waals surface area contributed by atoms with Gasteiger partial charge in [-0.3, -0.25) is 4.79 Å². The zero-order valence-corrected chi connectivity index (χ0v) is 16.8. The van der Waals surface area contributed by atoms with E-state index in [0.717, 1.165) is 12.1 Å². The predicted octanol–water partition coefficient (Wildman–Crippen LogP) is 3.40. The number of anilines is 1. The SMILES string of the molecule is CC(C)(C)OC(=O)N1CC(NC(=O)CNc2nccc3ccc(C(F)(F)F)cc23)C1. The number of likely N-dealkylation sites (tertiary alicyclic amines) is 1. The molecule has 1 aromatic heterocycles. The van der Waals surface area contributed by atoms with Gasteiger partial charge >= 0.3 is 12.3 Å². The topological polar surface area (TPSA) is 83.6 Å². The minimum absolute atomic E-state index is 0.161. The molecule has 2 amide bonds. The van der Waals surface area contributed by atoms with Crippen molar-refractivity contribution in [2.24, 2.45) is 0 Å². The van der Waals surface area contributed by atoms with E-state index in [2.05, 4.69) is 15.6 Å². The van der Waals surface area contributed by atoms with Gasteiger partial charge in [0.25, 0.3) is 0 Å². The summed E-state index contributed by atoms with van der Waals surface area (Å²) in [5.74, 6) is -0.160. The first-order valence-electron chi connectivity index (χ1n) is 9.39. The number of halogens is 3. The number of rotatable bonds is 4. The molecule has 1 aliphatic rings. The molecule has 1 aliphatic heterocycles. The van der Waals surface area contributed by atoms with Crippen LogP contribution in [0.2, 0.25) is 0 Å². The van der Waals surface area contributed by atoms with Crippen molar-refractivity contribution in [3.8, 4) is 0 Å². The third kappa shape index (κ3) is 5.31. The molecule has 0 radical (unpaired) electrons. The molecular formula is C20H23F3N4O3. The summed E-state index contributed by atoms with van der Waals surface area (Å²) in [6.07, 6.45) is -3.45. The van der Waals surface area contributed by atoms with Crippen molar-refractivity contribution in [3.63, 3.8) is 0 Å². The number of benzene rings is 1. The van der Waals surface area contributed by atoms with E-state index in [9.17, 15) is 22.8 Å². The molecule has 0 unspecified atom stereocenters. The minimum Gasteiger partial charge on any atom is -0.444 e. The normalized spacial score (nSPS) is 14.9. The summed E-state index contributed by atoms with van der Waals surface area (Å²) in [5, 5.41) is 6.40. The van der Waals surface area contributed by atoms with Gasteiger partial charge in [-0.05, 0) is 44.4 Å². The van der Waals surface area contributed by atoms with E-state index >= 15 is 0 Å². The van der Waals surface area contributed by atoms with E-state index in [1.807, 2.05) is 0 Å². The number of nitrogens with zero attached hydrogens (tertiary/aromatic N) is 2. The first-order valence-corrected chi connectivity index (χ1v) is 9.39. The quantitative estimate of drug-likeness (QED) is 0.786. The van der Waals surface area contributed by atoms with Gasteiger partial charge in [-0.2, -0.15) is 13.2 Å². The lowest BCUT2D eigenvalue weighted by molar-refractivity contribution is -0.137. The average Bonchev–Trinajstić information content (AvgIpc) is 2.59. The Labute approximate surface area is 171 Å². The molecule has 1 saturated heterocycles. The maximum absolute atomic E-state index is 13.0. The van der Waals surface area contributed by atoms with Crippen molar-refractivity contribution < 1.29 is 27.5 Å². The fraction of sp³-hybridized carbons (Fsp3) is 0.450. The minimum atomic E-state index is -4.47. The van der Waals surface area contributed by atoms with Crippen LogP contribution in [-0.2, 0) is 15.7 Å². The summed E-state index contributed by atoms with van der Waals surface area (Å²) in [6.45, 7) is 5.83. The van der Waals surface area contributed by atoms with Crippen LogP contribution in [0.1, 0.15) is 26.3 Å². The lowest BCUT2D eigenvalue weighted by Gasteiger charge is -2.39. The van der Waals surface area contributed by atoms with Crippen LogP contribution in [0.15, 0.2) is 30.5 Å². The third-order valence-electron chi connectivity index (χ3n) is 4.41. The van der Waals surface area contributed by atoms with Crippen LogP contribution in [0.5, 0.6) is 0 Å². The highest BCUT2D eigenvalue weighted by Crippen LogP contribution is 2.33. The first kappa shape index (κ1) is 21.7. The highest BCUT2D eigenvalue weighted by Gasteiger charge is 2.34. The molecule has 1 aromatic carbocycles. The Morgan fingerprint density at radius 2 is 1.90 bits per heavy atom. The average molecular weight is 424 g/mol. The summed E-state index contributed by atoms with van der Waals surface area (Å²) in [4.78, 5) is 29.6. The van der Waals surface area contributed by atoms with E-state index in [4.69, 9.17) is 4.74 Å². The molecule has 0 atom stereocenters. The fourth-order valence-corrected chi connectivity index (χ4v) is 2.97. The summed E-state index contributed by atoms with van der Waals surface area (Å²) in [6, 6.07) is 4.77. The summed E-state index contributed by atoms with van der Waals surface area (Å²) in [5.41, 5.74) is -1.38. The van der Waals surface area contributed by atoms with Crippen molar-refractivity contribution in [2.75, 3.05) is 25.0 Å². The van der Waals surface area contributed by atoms with Crippen LogP contribution in [0.25, 0.3) is 10.8 Å². The Morgan fingerprint density at radius 3 is 2.53 bits per heavy atom. The number of hydrogen-bond donors (Lipinski definition) is 2. The number of carbonyl (C=O) groups excluding carboxylic acids is 2. The van der Waals surface area contributed by atoms with Crippen LogP contribution in [-0.4, -0.2) is 53.2 Å². The maximum Gasteiger partial charge on any atom is 0.416 e. The second-order valence-corrected chi connectivity index (χ2v) is 8.10. The Bertz CT molecular complexity index is 950. The van der Waals surface area contributed by atoms with E-state index in [-0.39, 0.29) is 29.7 Å². The number of pyridine rings is 1. The molecule has 0 spiro atoms. The Balaban J connectivity index is 1.54. The van der Waals surface area contributed by atoms with E-state index in [1.165, 1.54) is 17.2 Å². The lowest BCUT2D eigenvalue weighted by Crippen LogP contribution is -2.62. The molecular weight excluding hydrogens is 401 g/mol. The van der Waals surface area contributed by atoms with Gasteiger partial charge in [0.1, 0.15) is 11.4 Å². The molecule has 1 fully saturated rings. The zero-order chi connectivity index (χ0) is 22.1. The molecule has 2 heterocycles. The molecule has 3 rings (SSSR count). The number of ether oxygens (including phenoxy) is 1. The Morgan fingerprint density at radius 1 is 1.20 bits per heavy atom. The van der Waals surface area contributed by atoms with Gasteiger partial charge in [0.05, 0.1) is 18.2 Å². The molecule has 0 bridgehead atoms. The molecule has 10 heteroatoms. The van der Waals surface area contributed by atoms with Crippen LogP contribution >= 0.6 is 0 Å². The monoisotopic (exact) mass is 424 g/mol. The van der Waals surface area contributed by atoms with Gasteiger partial charge in [-0.25, -0.2) is 9.78 Å². The predicted molar refractivity (Wildman–Crippen MR) is 105 cm³/mol. The van der Waals surface area contributed by atoms with Crippen molar-refractivity contribution in [2.45, 2.75) is 38.6 Å². The number of nitrogens with one attached hydrogen (secondary N) is 2. The van der Waals surface area contributed by atoms with E-state index in [0.29, 0.717) is 18.5 Å². The van der Waals surface area contributed by atoms with Gasteiger partial charge < -0.3 is 20.3 Å². The molecule has 30 heavy (non-hydrogen) atoms. The van der Waals surface area contributed by atoms with Crippen LogP contribution in [0.4, 0.5) is 23.8 Å². The second-order valence-electron chi connectivity index (χ2n) is 8.10. The number of aromatic nitrogens is 1. The van der Waals surface area contributed by atoms with Crippen LogP contribution in [0, 0.1) is 0 Å². The molecule has 7 nitrogen and oxygen atoms in total. The van der Waals surface area contributed by atoms with Crippen molar-refractivity contribution >= 4 is 28.6 Å². The Kier molecular flexibility index (Phi) is 5.78. The highest BCUT2D eigenvalue weighted by atomic mass is 19.4. The van der Waals surface area contributed by atoms with E-state index in [1.54, 1.807) is 26.8 Å². The molecule has 162 valence electrons. The number of fused-ring (bicyclic) bond motifs is 1. The van der Waals surface area contributed by atoms with Gasteiger partial charge in [0, 0.05) is 24.7 Å². The number of amides is 2. The molecule has 2 aromatic rings. The number of hydrogen-bond acceptors (Lipinski definition) is 5.